The second kappa shape index (κ2) is 8.28. The van der Waals surface area contributed by atoms with Crippen LogP contribution in [0.25, 0.3) is 0 Å². The van der Waals surface area contributed by atoms with Crippen LogP contribution in [0.15, 0.2) is 12.3 Å². The molecule has 1 rings (SSSR count). The highest BCUT2D eigenvalue weighted by Crippen LogP contribution is 2.09. The number of hydrogen-bond acceptors (Lipinski definition) is 3. The molecule has 0 amide bonds. The molecule has 0 aliphatic carbocycles. The first-order valence-electron chi connectivity index (χ1n) is 6.21. The van der Waals surface area contributed by atoms with Crippen molar-refractivity contribution in [3.8, 4) is 0 Å². The summed E-state index contributed by atoms with van der Waals surface area (Å²) in [5, 5.41) is 3.34. The Hall–Kier alpha value is -0.840. The van der Waals surface area contributed by atoms with Crippen LogP contribution in [0.3, 0.4) is 0 Å². The molecule has 0 saturated heterocycles. The molecule has 0 fully saturated rings. The van der Waals surface area contributed by atoms with Crippen LogP contribution >= 0.6 is 0 Å². The van der Waals surface area contributed by atoms with E-state index >= 15 is 0 Å². The van der Waals surface area contributed by atoms with Crippen LogP contribution in [0, 0.1) is 6.92 Å². The molecule has 4 nitrogen and oxygen atoms in total. The highest BCUT2D eigenvalue weighted by Gasteiger charge is 2.03. The molecule has 4 heteroatoms. The third-order valence-electron chi connectivity index (χ3n) is 2.82. The standard InChI is InChI=1S/C13H24N2O2/c1-4-14-11-13-5-6-15(12(13)2)7-8-17-10-9-16-3/h5-6,14H,4,7-11H2,1-3H3. The summed E-state index contributed by atoms with van der Waals surface area (Å²) >= 11 is 0. The minimum Gasteiger partial charge on any atom is -0.382 e. The molecule has 1 aromatic rings. The Morgan fingerprint density at radius 1 is 1.29 bits per heavy atom. The summed E-state index contributed by atoms with van der Waals surface area (Å²) in [4.78, 5) is 0. The molecular weight excluding hydrogens is 216 g/mol. The largest absolute Gasteiger partial charge is 0.382 e. The van der Waals surface area contributed by atoms with Crippen molar-refractivity contribution in [2.45, 2.75) is 26.9 Å². The molecule has 0 bridgehead atoms. The zero-order valence-corrected chi connectivity index (χ0v) is 11.2. The zero-order chi connectivity index (χ0) is 12.5. The van der Waals surface area contributed by atoms with E-state index in [9.17, 15) is 0 Å². The van der Waals surface area contributed by atoms with Crippen molar-refractivity contribution in [3.05, 3.63) is 23.5 Å². The van der Waals surface area contributed by atoms with Gasteiger partial charge in [-0.05, 0) is 25.1 Å². The van der Waals surface area contributed by atoms with Crippen LogP contribution in [0.5, 0.6) is 0 Å². The molecule has 0 aliphatic heterocycles. The first-order valence-corrected chi connectivity index (χ1v) is 6.21. The molecule has 0 aliphatic rings. The molecule has 0 spiro atoms. The Morgan fingerprint density at radius 2 is 2.12 bits per heavy atom. The van der Waals surface area contributed by atoms with E-state index < -0.39 is 0 Å². The topological polar surface area (TPSA) is 35.4 Å². The Balaban J connectivity index is 2.30. The van der Waals surface area contributed by atoms with E-state index in [1.807, 2.05) is 0 Å². The van der Waals surface area contributed by atoms with Gasteiger partial charge < -0.3 is 19.4 Å². The fourth-order valence-electron chi connectivity index (χ4n) is 1.69. The normalized spacial score (nSPS) is 11.0. The summed E-state index contributed by atoms with van der Waals surface area (Å²) in [6.45, 7) is 9.20. The summed E-state index contributed by atoms with van der Waals surface area (Å²) in [7, 11) is 1.69. The summed E-state index contributed by atoms with van der Waals surface area (Å²) in [5.41, 5.74) is 2.69. The SMILES string of the molecule is CCNCc1ccn(CCOCCOC)c1C. The minimum atomic E-state index is 0.663. The number of nitrogens with one attached hydrogen (secondary N) is 1. The average molecular weight is 240 g/mol. The molecular formula is C13H24N2O2. The van der Waals surface area contributed by atoms with E-state index in [-0.39, 0.29) is 0 Å². The molecule has 98 valence electrons. The number of hydrogen-bond donors (Lipinski definition) is 1. The highest BCUT2D eigenvalue weighted by molar-refractivity contribution is 5.20. The average Bonchev–Trinajstić information content (AvgIpc) is 2.68. The van der Waals surface area contributed by atoms with Crippen LogP contribution in [0.1, 0.15) is 18.2 Å². The predicted octanol–water partition coefficient (Wildman–Crippen LogP) is 1.57. The van der Waals surface area contributed by atoms with E-state index in [0.29, 0.717) is 13.2 Å². The molecule has 17 heavy (non-hydrogen) atoms. The lowest BCUT2D eigenvalue weighted by Crippen LogP contribution is -2.13. The van der Waals surface area contributed by atoms with Gasteiger partial charge in [-0.1, -0.05) is 6.92 Å². The van der Waals surface area contributed by atoms with Gasteiger partial charge in [-0.2, -0.15) is 0 Å². The number of ether oxygens (including phenoxy) is 2. The van der Waals surface area contributed by atoms with Crippen LogP contribution in [-0.4, -0.2) is 38.0 Å². The van der Waals surface area contributed by atoms with Gasteiger partial charge in [0.05, 0.1) is 19.8 Å². The van der Waals surface area contributed by atoms with Gasteiger partial charge in [0.15, 0.2) is 0 Å². The van der Waals surface area contributed by atoms with Gasteiger partial charge in [-0.15, -0.1) is 0 Å². The van der Waals surface area contributed by atoms with Gasteiger partial charge in [0.1, 0.15) is 0 Å². The van der Waals surface area contributed by atoms with Gasteiger partial charge in [-0.25, -0.2) is 0 Å². The minimum absolute atomic E-state index is 0.663. The smallest absolute Gasteiger partial charge is 0.0701 e. The molecule has 0 saturated carbocycles. The molecule has 1 N–H and O–H groups in total. The van der Waals surface area contributed by atoms with Gasteiger partial charge in [-0.3, -0.25) is 0 Å². The first-order chi connectivity index (χ1) is 8.29. The molecule has 0 radical (unpaired) electrons. The number of rotatable bonds is 9. The van der Waals surface area contributed by atoms with Crippen molar-refractivity contribution < 1.29 is 9.47 Å². The Bertz CT molecular complexity index is 310. The van der Waals surface area contributed by atoms with Crippen molar-refractivity contribution in [3.63, 3.8) is 0 Å². The third kappa shape index (κ3) is 4.89. The van der Waals surface area contributed by atoms with Gasteiger partial charge in [0.25, 0.3) is 0 Å². The Labute approximate surface area is 104 Å². The summed E-state index contributed by atoms with van der Waals surface area (Å²) in [6, 6.07) is 2.17. The lowest BCUT2D eigenvalue weighted by molar-refractivity contribution is 0.0664. The maximum Gasteiger partial charge on any atom is 0.0701 e. The summed E-state index contributed by atoms with van der Waals surface area (Å²) in [5.74, 6) is 0. The number of methoxy groups -OCH3 is 1. The van der Waals surface area contributed by atoms with Crippen molar-refractivity contribution in [1.82, 2.24) is 9.88 Å². The maximum atomic E-state index is 5.46. The molecule has 0 unspecified atom stereocenters. The molecule has 0 atom stereocenters. The van der Waals surface area contributed by atoms with E-state index in [1.54, 1.807) is 7.11 Å². The second-order valence-corrected chi connectivity index (χ2v) is 4.01. The van der Waals surface area contributed by atoms with Crippen LogP contribution in [0.4, 0.5) is 0 Å². The van der Waals surface area contributed by atoms with Crippen molar-refractivity contribution in [2.75, 3.05) is 33.5 Å². The monoisotopic (exact) mass is 240 g/mol. The van der Waals surface area contributed by atoms with E-state index in [1.165, 1.54) is 11.3 Å². The summed E-state index contributed by atoms with van der Waals surface area (Å²) in [6.07, 6.45) is 2.13. The second-order valence-electron chi connectivity index (χ2n) is 4.01. The number of aromatic nitrogens is 1. The lowest BCUT2D eigenvalue weighted by Gasteiger charge is -2.08. The van der Waals surface area contributed by atoms with E-state index in [2.05, 4.69) is 36.0 Å². The van der Waals surface area contributed by atoms with Crippen LogP contribution in [-0.2, 0) is 22.6 Å². The first kappa shape index (κ1) is 14.2. The lowest BCUT2D eigenvalue weighted by atomic mass is 10.2. The van der Waals surface area contributed by atoms with Crippen molar-refractivity contribution in [1.29, 1.82) is 0 Å². The van der Waals surface area contributed by atoms with E-state index in [4.69, 9.17) is 9.47 Å². The predicted molar refractivity (Wildman–Crippen MR) is 69.2 cm³/mol. The summed E-state index contributed by atoms with van der Waals surface area (Å²) < 4.78 is 12.6. The molecule has 0 aromatic carbocycles. The Morgan fingerprint density at radius 3 is 2.82 bits per heavy atom. The van der Waals surface area contributed by atoms with Crippen molar-refractivity contribution in [2.24, 2.45) is 0 Å². The maximum absolute atomic E-state index is 5.46. The van der Waals surface area contributed by atoms with Crippen molar-refractivity contribution >= 4 is 0 Å². The molecule has 1 aromatic heterocycles. The zero-order valence-electron chi connectivity index (χ0n) is 11.2. The number of nitrogens with zero attached hydrogens (tertiary/aromatic N) is 1. The highest BCUT2D eigenvalue weighted by atomic mass is 16.5. The molecule has 1 heterocycles. The fourth-order valence-corrected chi connectivity index (χ4v) is 1.69. The fraction of sp³-hybridized carbons (Fsp3) is 0.692. The van der Waals surface area contributed by atoms with Gasteiger partial charge in [0, 0.05) is 32.1 Å². The van der Waals surface area contributed by atoms with Crippen LogP contribution < -0.4 is 5.32 Å². The van der Waals surface area contributed by atoms with Gasteiger partial charge >= 0.3 is 0 Å². The van der Waals surface area contributed by atoms with Crippen LogP contribution in [0.2, 0.25) is 0 Å². The third-order valence-corrected chi connectivity index (χ3v) is 2.82. The van der Waals surface area contributed by atoms with E-state index in [0.717, 1.165) is 26.2 Å². The quantitative estimate of drug-likeness (QED) is 0.665. The Kier molecular flexibility index (Phi) is 6.93. The van der Waals surface area contributed by atoms with Gasteiger partial charge in [0.2, 0.25) is 0 Å².